The third-order valence-corrected chi connectivity index (χ3v) is 5.72. The summed E-state index contributed by atoms with van der Waals surface area (Å²) in [4.78, 5) is 14.2. The molecule has 0 aromatic heterocycles. The molecule has 0 radical (unpaired) electrons. The maximum Gasteiger partial charge on any atom is 0.189 e. The van der Waals surface area contributed by atoms with Crippen molar-refractivity contribution in [1.82, 2.24) is 0 Å². The summed E-state index contributed by atoms with van der Waals surface area (Å²) in [5, 5.41) is 0. The monoisotopic (exact) mass is 422 g/mol. The molecule has 0 fully saturated rings. The number of rotatable bonds is 6. The Labute approximate surface area is 167 Å². The van der Waals surface area contributed by atoms with Crippen LogP contribution in [-0.4, -0.2) is 11.5 Å². The number of benzene rings is 3. The highest BCUT2D eigenvalue weighted by molar-refractivity contribution is 9.10. The Bertz CT molecular complexity index is 900. The van der Waals surface area contributed by atoms with Crippen molar-refractivity contribution < 1.29 is 4.79 Å². The maximum absolute atomic E-state index is 13.0. The van der Waals surface area contributed by atoms with Crippen LogP contribution in [0.4, 0.5) is 0 Å². The summed E-state index contributed by atoms with van der Waals surface area (Å²) >= 11 is 5.23. The predicted molar refractivity (Wildman–Crippen MR) is 115 cm³/mol. The fraction of sp³-hybridized carbons (Fsp3) is 0.0870. The Hall–Kier alpha value is -2.10. The Balaban J connectivity index is 1.95. The minimum Gasteiger partial charge on any atom is -0.289 e. The smallest absolute Gasteiger partial charge is 0.189 e. The van der Waals surface area contributed by atoms with Crippen LogP contribution in [0.3, 0.4) is 0 Å². The van der Waals surface area contributed by atoms with Gasteiger partial charge < -0.3 is 0 Å². The number of Topliss-reactive ketones (excluding diaryl/α,β-unsaturated/α-hetero) is 1. The Morgan fingerprint density at radius 3 is 2.00 bits per heavy atom. The summed E-state index contributed by atoms with van der Waals surface area (Å²) in [6.07, 6.45) is 0. The highest BCUT2D eigenvalue weighted by atomic mass is 79.9. The van der Waals surface area contributed by atoms with Crippen LogP contribution in [-0.2, 0) is 0 Å². The highest BCUT2D eigenvalue weighted by Gasteiger charge is 2.15. The molecule has 0 bridgehead atoms. The van der Waals surface area contributed by atoms with E-state index in [0.717, 1.165) is 32.5 Å². The van der Waals surface area contributed by atoms with Gasteiger partial charge >= 0.3 is 0 Å². The Kier molecular flexibility index (Phi) is 6.48. The van der Waals surface area contributed by atoms with Crippen LogP contribution in [0.1, 0.15) is 22.8 Å². The van der Waals surface area contributed by atoms with Crippen LogP contribution in [0.2, 0.25) is 0 Å². The second kappa shape index (κ2) is 9.02. The van der Waals surface area contributed by atoms with E-state index in [-0.39, 0.29) is 5.78 Å². The molecule has 3 aromatic carbocycles. The molecule has 26 heavy (non-hydrogen) atoms. The molecule has 0 aliphatic carbocycles. The van der Waals surface area contributed by atoms with Crippen LogP contribution in [0, 0.1) is 0 Å². The van der Waals surface area contributed by atoms with Crippen LogP contribution < -0.4 is 0 Å². The molecule has 0 unspecified atom stereocenters. The van der Waals surface area contributed by atoms with Crippen molar-refractivity contribution in [1.29, 1.82) is 0 Å². The van der Waals surface area contributed by atoms with Gasteiger partial charge in [-0.3, -0.25) is 4.79 Å². The van der Waals surface area contributed by atoms with Gasteiger partial charge in [-0.2, -0.15) is 0 Å². The maximum atomic E-state index is 13.0. The van der Waals surface area contributed by atoms with Crippen molar-refractivity contribution in [2.45, 2.75) is 11.8 Å². The second-order valence-corrected chi connectivity index (χ2v) is 7.87. The molecular formula is C23H19BrOS. The molecule has 0 atom stereocenters. The largest absolute Gasteiger partial charge is 0.289 e. The number of carbonyl (C=O) groups excluding carboxylic acids is 1. The first-order valence-corrected chi connectivity index (χ1v) is 10.2. The molecule has 0 saturated carbocycles. The summed E-state index contributed by atoms with van der Waals surface area (Å²) in [5.41, 5.74) is 3.67. The van der Waals surface area contributed by atoms with Gasteiger partial charge in [0.05, 0.1) is 0 Å². The number of hydrogen-bond donors (Lipinski definition) is 0. The number of hydrogen-bond acceptors (Lipinski definition) is 2. The zero-order chi connectivity index (χ0) is 18.4. The van der Waals surface area contributed by atoms with Gasteiger partial charge in [0.1, 0.15) is 0 Å². The lowest BCUT2D eigenvalue weighted by Gasteiger charge is -2.13. The van der Waals surface area contributed by atoms with Crippen molar-refractivity contribution in [3.05, 3.63) is 106 Å². The average molecular weight is 423 g/mol. The Morgan fingerprint density at radius 2 is 1.38 bits per heavy atom. The Morgan fingerprint density at radius 1 is 0.808 bits per heavy atom. The molecule has 3 heteroatoms. The topological polar surface area (TPSA) is 17.1 Å². The lowest BCUT2D eigenvalue weighted by Crippen LogP contribution is -2.05. The lowest BCUT2D eigenvalue weighted by molar-refractivity contribution is 0.103. The van der Waals surface area contributed by atoms with E-state index in [0.29, 0.717) is 0 Å². The van der Waals surface area contributed by atoms with Crippen LogP contribution in [0.25, 0.3) is 5.57 Å². The minimum atomic E-state index is 0.0807. The molecule has 0 aliphatic heterocycles. The van der Waals surface area contributed by atoms with Crippen molar-refractivity contribution >= 4 is 39.0 Å². The van der Waals surface area contributed by atoms with Gasteiger partial charge in [0.15, 0.2) is 5.78 Å². The van der Waals surface area contributed by atoms with E-state index in [9.17, 15) is 4.79 Å². The molecule has 0 aliphatic rings. The first-order valence-electron chi connectivity index (χ1n) is 8.38. The van der Waals surface area contributed by atoms with Crippen LogP contribution in [0.5, 0.6) is 0 Å². The quantitative estimate of drug-likeness (QED) is 0.244. The molecule has 0 saturated heterocycles. The third kappa shape index (κ3) is 4.75. The molecule has 3 aromatic rings. The summed E-state index contributed by atoms with van der Waals surface area (Å²) in [6.45, 7) is 1.93. The predicted octanol–water partition coefficient (Wildman–Crippen LogP) is 6.90. The van der Waals surface area contributed by atoms with E-state index < -0.39 is 0 Å². The number of thioether (sulfide) groups is 1. The van der Waals surface area contributed by atoms with Gasteiger partial charge in [0, 0.05) is 26.3 Å². The number of allylic oxidation sites excluding steroid dienone is 1. The third-order valence-electron chi connectivity index (χ3n) is 4.15. The highest BCUT2D eigenvalue weighted by Crippen LogP contribution is 2.30. The van der Waals surface area contributed by atoms with E-state index in [1.165, 1.54) is 4.90 Å². The average Bonchev–Trinajstić information content (AvgIpc) is 2.70. The van der Waals surface area contributed by atoms with Crippen LogP contribution >= 0.6 is 27.7 Å². The first-order chi connectivity index (χ1) is 12.6. The molecule has 130 valence electrons. The van der Waals surface area contributed by atoms with E-state index in [4.69, 9.17) is 0 Å². The standard InChI is InChI=1S/C23H19BrOS/c1-17(23(25)19-8-4-2-5-9-19)22(18-12-14-20(24)15-13-18)16-26-21-10-6-3-7-11-21/h2-15H,16H2,1H3/b22-17+. The lowest BCUT2D eigenvalue weighted by atomic mass is 9.96. The number of ketones is 1. The second-order valence-electron chi connectivity index (χ2n) is 5.91. The minimum absolute atomic E-state index is 0.0807. The zero-order valence-corrected chi connectivity index (χ0v) is 16.9. The summed E-state index contributed by atoms with van der Waals surface area (Å²) in [6, 6.07) is 27.9. The van der Waals surface area contributed by atoms with Crippen molar-refractivity contribution in [2.24, 2.45) is 0 Å². The van der Waals surface area contributed by atoms with Crippen molar-refractivity contribution in [2.75, 3.05) is 5.75 Å². The van der Waals surface area contributed by atoms with Gasteiger partial charge in [0.2, 0.25) is 0 Å². The molecule has 0 heterocycles. The zero-order valence-electron chi connectivity index (χ0n) is 14.5. The molecule has 0 amide bonds. The fourth-order valence-corrected chi connectivity index (χ4v) is 3.98. The van der Waals surface area contributed by atoms with Crippen molar-refractivity contribution in [3.8, 4) is 0 Å². The SMILES string of the molecule is C/C(C(=O)c1ccccc1)=C(/CSc1ccccc1)c1ccc(Br)cc1. The molecule has 0 spiro atoms. The van der Waals surface area contributed by atoms with Crippen LogP contribution in [0.15, 0.2) is 99.9 Å². The molecule has 3 rings (SSSR count). The van der Waals surface area contributed by atoms with Crippen molar-refractivity contribution in [3.63, 3.8) is 0 Å². The summed E-state index contributed by atoms with van der Waals surface area (Å²) in [5.74, 6) is 0.827. The van der Waals surface area contributed by atoms with E-state index in [2.05, 4.69) is 40.2 Å². The van der Waals surface area contributed by atoms with Gasteiger partial charge in [-0.1, -0.05) is 76.6 Å². The van der Waals surface area contributed by atoms with E-state index in [1.807, 2.05) is 67.6 Å². The van der Waals surface area contributed by atoms with E-state index in [1.54, 1.807) is 11.8 Å². The molecule has 1 nitrogen and oxygen atoms in total. The first kappa shape index (κ1) is 18.7. The van der Waals surface area contributed by atoms with Gasteiger partial charge in [-0.25, -0.2) is 0 Å². The summed E-state index contributed by atoms with van der Waals surface area (Å²) in [7, 11) is 0. The normalized spacial score (nSPS) is 11.8. The molecular weight excluding hydrogens is 404 g/mol. The summed E-state index contributed by atoms with van der Waals surface area (Å²) < 4.78 is 1.03. The van der Waals surface area contributed by atoms with Gasteiger partial charge in [-0.05, 0) is 42.3 Å². The molecule has 0 N–H and O–H groups in total. The number of carbonyl (C=O) groups is 1. The van der Waals surface area contributed by atoms with Gasteiger partial charge in [0.25, 0.3) is 0 Å². The van der Waals surface area contributed by atoms with Gasteiger partial charge in [-0.15, -0.1) is 11.8 Å². The fourth-order valence-electron chi connectivity index (χ4n) is 2.67. The number of halogens is 1. The van der Waals surface area contributed by atoms with E-state index >= 15 is 0 Å².